The van der Waals surface area contributed by atoms with Gasteiger partial charge in [-0.1, -0.05) is 24.3 Å². The van der Waals surface area contributed by atoms with Crippen LogP contribution in [0.1, 0.15) is 17.0 Å². The molecule has 3 N–H and O–H groups in total. The average molecular weight is 332 g/mol. The number of rotatable bonds is 1. The number of nitriles is 1. The van der Waals surface area contributed by atoms with Gasteiger partial charge in [0.2, 0.25) is 5.88 Å². The maximum Gasteiger partial charge on any atom is 0.344 e. The highest BCUT2D eigenvalue weighted by Gasteiger charge is 2.35. The molecule has 0 radical (unpaired) electrons. The lowest BCUT2D eigenvalue weighted by molar-refractivity contribution is 0.388. The van der Waals surface area contributed by atoms with Gasteiger partial charge in [0.15, 0.2) is 5.75 Å². The Balaban J connectivity index is 2.08. The molecule has 1 aromatic heterocycles. The van der Waals surface area contributed by atoms with E-state index in [1.165, 1.54) is 12.1 Å². The molecule has 0 fully saturated rings. The van der Waals surface area contributed by atoms with Gasteiger partial charge in [0.05, 0.1) is 16.9 Å². The summed E-state index contributed by atoms with van der Waals surface area (Å²) in [6.45, 7) is 0. The fourth-order valence-electron chi connectivity index (χ4n) is 3.07. The second-order valence-corrected chi connectivity index (χ2v) is 5.64. The summed E-state index contributed by atoms with van der Waals surface area (Å²) in [4.78, 5) is 12.6. The van der Waals surface area contributed by atoms with Crippen LogP contribution in [0.3, 0.4) is 0 Å². The molecule has 1 aliphatic heterocycles. The van der Waals surface area contributed by atoms with Crippen molar-refractivity contribution in [3.8, 4) is 17.6 Å². The van der Waals surface area contributed by atoms with Crippen LogP contribution in [-0.4, -0.2) is 5.11 Å². The summed E-state index contributed by atoms with van der Waals surface area (Å²) in [6, 6.07) is 15.2. The van der Waals surface area contributed by atoms with Crippen LogP contribution in [0.15, 0.2) is 69.2 Å². The number of aromatic hydroxyl groups is 1. The molecular formula is C19H12N2O4. The van der Waals surface area contributed by atoms with E-state index >= 15 is 0 Å². The number of hydrogen-bond donors (Lipinski definition) is 2. The summed E-state index contributed by atoms with van der Waals surface area (Å²) in [5, 5.41) is 19.6. The van der Waals surface area contributed by atoms with Crippen LogP contribution in [0.5, 0.6) is 11.5 Å². The third-order valence-corrected chi connectivity index (χ3v) is 4.20. The fraction of sp³-hybridized carbons (Fsp3) is 0.0526. The van der Waals surface area contributed by atoms with Crippen LogP contribution >= 0.6 is 0 Å². The largest absolute Gasteiger partial charge is 0.508 e. The first-order valence-electron chi connectivity index (χ1n) is 7.52. The van der Waals surface area contributed by atoms with Crippen molar-refractivity contribution in [1.29, 1.82) is 5.26 Å². The van der Waals surface area contributed by atoms with Gasteiger partial charge in [0.1, 0.15) is 23.0 Å². The molecule has 25 heavy (non-hydrogen) atoms. The van der Waals surface area contributed by atoms with Gasteiger partial charge in [-0.25, -0.2) is 4.79 Å². The molecule has 6 nitrogen and oxygen atoms in total. The minimum atomic E-state index is -0.727. The molecule has 0 spiro atoms. The van der Waals surface area contributed by atoms with Crippen molar-refractivity contribution >= 4 is 11.0 Å². The minimum Gasteiger partial charge on any atom is -0.508 e. The molecule has 3 aromatic rings. The van der Waals surface area contributed by atoms with Crippen molar-refractivity contribution in [3.63, 3.8) is 0 Å². The molecule has 0 aliphatic carbocycles. The topological polar surface area (TPSA) is 109 Å². The van der Waals surface area contributed by atoms with Crippen LogP contribution in [0.2, 0.25) is 0 Å². The van der Waals surface area contributed by atoms with E-state index in [-0.39, 0.29) is 22.8 Å². The predicted molar refractivity (Wildman–Crippen MR) is 89.9 cm³/mol. The normalized spacial score (nSPS) is 16.2. The number of benzene rings is 2. The molecule has 2 aromatic carbocycles. The molecule has 1 aliphatic rings. The third kappa shape index (κ3) is 2.22. The van der Waals surface area contributed by atoms with Gasteiger partial charge in [-0.2, -0.15) is 5.26 Å². The summed E-state index contributed by atoms with van der Waals surface area (Å²) in [6.07, 6.45) is 0. The maximum atomic E-state index is 12.6. The van der Waals surface area contributed by atoms with Crippen LogP contribution in [0.4, 0.5) is 0 Å². The molecule has 1 atom stereocenters. The first-order chi connectivity index (χ1) is 12.1. The highest BCUT2D eigenvalue weighted by atomic mass is 16.5. The van der Waals surface area contributed by atoms with E-state index < -0.39 is 11.5 Å². The zero-order valence-corrected chi connectivity index (χ0v) is 12.9. The van der Waals surface area contributed by atoms with Crippen LogP contribution in [0, 0.1) is 11.3 Å². The zero-order chi connectivity index (χ0) is 17.6. The van der Waals surface area contributed by atoms with E-state index in [4.69, 9.17) is 14.9 Å². The van der Waals surface area contributed by atoms with Gasteiger partial charge >= 0.3 is 5.63 Å². The lowest BCUT2D eigenvalue weighted by atomic mass is 9.84. The molecule has 0 amide bonds. The number of allylic oxidation sites excluding steroid dienone is 1. The summed E-state index contributed by atoms with van der Waals surface area (Å²) in [5.41, 5.74) is 6.72. The summed E-state index contributed by atoms with van der Waals surface area (Å²) in [5.74, 6) is -0.405. The Labute approximate surface area is 142 Å². The van der Waals surface area contributed by atoms with Crippen molar-refractivity contribution in [3.05, 3.63) is 81.5 Å². The molecule has 2 heterocycles. The summed E-state index contributed by atoms with van der Waals surface area (Å²) >= 11 is 0. The Hall–Kier alpha value is -3.72. The molecule has 4 rings (SSSR count). The molecule has 0 unspecified atom stereocenters. The number of phenols is 1. The third-order valence-electron chi connectivity index (χ3n) is 4.20. The van der Waals surface area contributed by atoms with Gasteiger partial charge in [-0.05, 0) is 29.8 Å². The number of ether oxygens (including phenoxy) is 1. The van der Waals surface area contributed by atoms with Crippen molar-refractivity contribution < 1.29 is 14.3 Å². The Bertz CT molecular complexity index is 1120. The lowest BCUT2D eigenvalue weighted by Gasteiger charge is -2.25. The van der Waals surface area contributed by atoms with Gasteiger partial charge in [0, 0.05) is 0 Å². The van der Waals surface area contributed by atoms with E-state index in [1.807, 2.05) is 6.07 Å². The average Bonchev–Trinajstić information content (AvgIpc) is 2.61. The lowest BCUT2D eigenvalue weighted by Crippen LogP contribution is -2.26. The van der Waals surface area contributed by atoms with Crippen molar-refractivity contribution in [2.75, 3.05) is 0 Å². The molecule has 6 heteroatoms. The second kappa shape index (κ2) is 5.42. The Kier molecular flexibility index (Phi) is 3.22. The molecule has 122 valence electrons. The van der Waals surface area contributed by atoms with E-state index in [9.17, 15) is 15.2 Å². The summed E-state index contributed by atoms with van der Waals surface area (Å²) < 4.78 is 11.0. The first-order valence-corrected chi connectivity index (χ1v) is 7.52. The van der Waals surface area contributed by atoms with Crippen molar-refractivity contribution in [2.24, 2.45) is 5.73 Å². The van der Waals surface area contributed by atoms with Crippen LogP contribution in [0.25, 0.3) is 11.0 Å². The van der Waals surface area contributed by atoms with Gasteiger partial charge < -0.3 is 20.0 Å². The van der Waals surface area contributed by atoms with Gasteiger partial charge in [-0.15, -0.1) is 0 Å². The molecular weight excluding hydrogens is 320 g/mol. The number of fused-ring (bicyclic) bond motifs is 3. The highest BCUT2D eigenvalue weighted by molar-refractivity contribution is 5.86. The quantitative estimate of drug-likeness (QED) is 0.663. The smallest absolute Gasteiger partial charge is 0.344 e. The number of para-hydroxylation sites is 1. The number of phenolic OH excluding ortho intramolecular Hbond substituents is 1. The number of nitrogens with zero attached hydrogens (tertiary/aromatic N) is 1. The summed E-state index contributed by atoms with van der Waals surface area (Å²) in [7, 11) is 0. The Morgan fingerprint density at radius 1 is 1.12 bits per heavy atom. The van der Waals surface area contributed by atoms with Gasteiger partial charge in [-0.3, -0.25) is 0 Å². The molecule has 0 saturated carbocycles. The minimum absolute atomic E-state index is 0.0520. The molecule has 0 saturated heterocycles. The maximum absolute atomic E-state index is 12.6. The van der Waals surface area contributed by atoms with E-state index in [2.05, 4.69) is 0 Å². The van der Waals surface area contributed by atoms with E-state index in [0.717, 1.165) is 0 Å². The SMILES string of the molecule is N#CC1=C(N)Oc2c(c(=O)oc3ccccc23)[C@H]1c1ccc(O)cc1. The Morgan fingerprint density at radius 3 is 2.56 bits per heavy atom. The van der Waals surface area contributed by atoms with E-state index in [0.29, 0.717) is 22.3 Å². The van der Waals surface area contributed by atoms with Crippen molar-refractivity contribution in [1.82, 2.24) is 0 Å². The highest BCUT2D eigenvalue weighted by Crippen LogP contribution is 2.43. The second-order valence-electron chi connectivity index (χ2n) is 5.64. The van der Waals surface area contributed by atoms with Crippen LogP contribution in [-0.2, 0) is 0 Å². The standard InChI is InChI=1S/C19H12N2O4/c20-9-13-15(10-5-7-11(22)8-6-10)16-17(25-18(13)21)12-3-1-2-4-14(12)24-19(16)23/h1-8,15,22H,21H2/t15-/m0/s1. The fourth-order valence-corrected chi connectivity index (χ4v) is 3.07. The zero-order valence-electron chi connectivity index (χ0n) is 12.9. The van der Waals surface area contributed by atoms with Crippen LogP contribution < -0.4 is 16.1 Å². The molecule has 0 bridgehead atoms. The Morgan fingerprint density at radius 2 is 1.84 bits per heavy atom. The van der Waals surface area contributed by atoms with Gasteiger partial charge in [0.25, 0.3) is 0 Å². The van der Waals surface area contributed by atoms with E-state index in [1.54, 1.807) is 36.4 Å². The van der Waals surface area contributed by atoms with Crippen molar-refractivity contribution in [2.45, 2.75) is 5.92 Å². The number of nitrogens with two attached hydrogens (primary N) is 1. The number of hydrogen-bond acceptors (Lipinski definition) is 6. The monoisotopic (exact) mass is 332 g/mol. The predicted octanol–water partition coefficient (Wildman–Crippen LogP) is 2.72. The first kappa shape index (κ1) is 14.8.